The zero-order valence-corrected chi connectivity index (χ0v) is 18.2. The fraction of sp³-hybridized carbons (Fsp3) is 0.381. The Labute approximate surface area is 189 Å². The summed E-state index contributed by atoms with van der Waals surface area (Å²) in [4.78, 5) is 0. The Morgan fingerprint density at radius 2 is 1.82 bits per heavy atom. The van der Waals surface area contributed by atoms with Crippen LogP contribution in [-0.4, -0.2) is 66.9 Å². The number of hydrogen-bond acceptors (Lipinski definition) is 9. The molecule has 4 heterocycles. The zero-order chi connectivity index (χ0) is 22.4. The molecular formula is C21H21N5O6S. The van der Waals surface area contributed by atoms with E-state index in [0.29, 0.717) is 29.5 Å². The van der Waals surface area contributed by atoms with Crippen LogP contribution in [0, 0.1) is 0 Å². The highest BCUT2D eigenvalue weighted by Crippen LogP contribution is 2.38. The van der Waals surface area contributed by atoms with Crippen molar-refractivity contribution in [3.8, 4) is 22.9 Å². The Balaban J connectivity index is 1.19. The molecule has 172 valence electrons. The van der Waals surface area contributed by atoms with Gasteiger partial charge in [0.1, 0.15) is 18.2 Å². The summed E-state index contributed by atoms with van der Waals surface area (Å²) in [5.74, 6) is 1.74. The highest BCUT2D eigenvalue weighted by Gasteiger charge is 2.50. The normalized spacial score (nSPS) is 25.9. The molecule has 0 unspecified atom stereocenters. The number of ether oxygens (including phenoxy) is 4. The van der Waals surface area contributed by atoms with Crippen LogP contribution in [0.2, 0.25) is 0 Å². The van der Waals surface area contributed by atoms with Gasteiger partial charge in [-0.25, -0.2) is 17.8 Å². The van der Waals surface area contributed by atoms with Crippen LogP contribution in [0.15, 0.2) is 48.5 Å². The summed E-state index contributed by atoms with van der Waals surface area (Å²) in [5.41, 5.74) is 1.48. The maximum atomic E-state index is 12.7. The van der Waals surface area contributed by atoms with Crippen LogP contribution in [0.4, 0.5) is 0 Å². The van der Waals surface area contributed by atoms with E-state index in [-0.39, 0.29) is 31.3 Å². The summed E-state index contributed by atoms with van der Waals surface area (Å²) >= 11 is 0. The van der Waals surface area contributed by atoms with Crippen LogP contribution >= 0.6 is 0 Å². The van der Waals surface area contributed by atoms with Crippen LogP contribution < -0.4 is 14.2 Å². The maximum Gasteiger partial charge on any atom is 0.231 e. The molecule has 1 aromatic heterocycles. The van der Waals surface area contributed by atoms with Crippen LogP contribution in [-0.2, 0) is 25.2 Å². The molecule has 0 saturated carbocycles. The van der Waals surface area contributed by atoms with Crippen molar-refractivity contribution in [1.29, 1.82) is 0 Å². The van der Waals surface area contributed by atoms with Gasteiger partial charge in [-0.2, -0.15) is 0 Å². The van der Waals surface area contributed by atoms with Crippen LogP contribution in [0.1, 0.15) is 11.6 Å². The molecule has 6 rings (SSSR count). The zero-order valence-electron chi connectivity index (χ0n) is 17.4. The third-order valence-electron chi connectivity index (χ3n) is 6.00. The lowest BCUT2D eigenvalue weighted by molar-refractivity contribution is 0.0626. The molecule has 1 N–H and O–H groups in total. The number of hydrogen-bond donors (Lipinski definition) is 1. The number of nitrogens with one attached hydrogen (secondary N) is 1. The quantitative estimate of drug-likeness (QED) is 0.558. The van der Waals surface area contributed by atoms with Crippen molar-refractivity contribution in [2.75, 3.05) is 20.0 Å². The van der Waals surface area contributed by atoms with Gasteiger partial charge in [-0.1, -0.05) is 30.3 Å². The Kier molecular flexibility index (Phi) is 5.02. The number of fused-ring (bicyclic) bond motifs is 2. The van der Waals surface area contributed by atoms with Gasteiger partial charge in [0.2, 0.25) is 16.8 Å². The van der Waals surface area contributed by atoms with E-state index in [1.165, 1.54) is 0 Å². The lowest BCUT2D eigenvalue weighted by atomic mass is 10.1. The van der Waals surface area contributed by atoms with E-state index < -0.39 is 22.2 Å². The first-order valence-corrected chi connectivity index (χ1v) is 12.2. The van der Waals surface area contributed by atoms with Gasteiger partial charge >= 0.3 is 0 Å². The number of aromatic nitrogens is 4. The minimum absolute atomic E-state index is 0.105. The van der Waals surface area contributed by atoms with E-state index in [2.05, 4.69) is 20.2 Å². The molecule has 3 aliphatic rings. The highest BCUT2D eigenvalue weighted by molar-refractivity contribution is 7.88. The number of rotatable bonds is 6. The Morgan fingerprint density at radius 1 is 1.00 bits per heavy atom. The molecule has 2 saturated heterocycles. The summed E-state index contributed by atoms with van der Waals surface area (Å²) in [6.07, 6.45) is -0.819. The van der Waals surface area contributed by atoms with Gasteiger partial charge < -0.3 is 18.9 Å². The third-order valence-corrected chi connectivity index (χ3v) is 7.37. The highest BCUT2D eigenvalue weighted by atomic mass is 32.2. The van der Waals surface area contributed by atoms with E-state index in [4.69, 9.17) is 18.9 Å². The smallest absolute Gasteiger partial charge is 0.231 e. The van der Waals surface area contributed by atoms with Gasteiger partial charge in [0.15, 0.2) is 17.3 Å². The van der Waals surface area contributed by atoms with Gasteiger partial charge in [0.05, 0.1) is 25.0 Å². The summed E-state index contributed by atoms with van der Waals surface area (Å²) in [5, 5.41) is 12.2. The molecule has 11 nitrogen and oxygen atoms in total. The summed E-state index contributed by atoms with van der Waals surface area (Å²) in [7, 11) is -3.57. The predicted octanol–water partition coefficient (Wildman–Crippen LogP) is 0.896. The lowest BCUT2D eigenvalue weighted by Crippen LogP contribution is -2.44. The first kappa shape index (κ1) is 20.5. The fourth-order valence-corrected chi connectivity index (χ4v) is 5.88. The van der Waals surface area contributed by atoms with Crippen molar-refractivity contribution in [2.24, 2.45) is 0 Å². The average Bonchev–Trinajstić information content (AvgIpc) is 3.58. The summed E-state index contributed by atoms with van der Waals surface area (Å²) in [6.45, 7) is 0.690. The third kappa shape index (κ3) is 3.84. The number of sulfonamides is 1. The molecule has 4 atom stereocenters. The summed E-state index contributed by atoms with van der Waals surface area (Å²) < 4.78 is 52.6. The first-order valence-electron chi connectivity index (χ1n) is 10.5. The second kappa shape index (κ2) is 8.06. The van der Waals surface area contributed by atoms with E-state index in [1.54, 1.807) is 16.8 Å². The monoisotopic (exact) mass is 471 g/mol. The molecule has 0 amide bonds. The second-order valence-corrected chi connectivity index (χ2v) is 9.90. The second-order valence-electron chi connectivity index (χ2n) is 8.15. The van der Waals surface area contributed by atoms with Gasteiger partial charge in [-0.3, -0.25) is 0 Å². The number of tetrazole rings is 1. The van der Waals surface area contributed by atoms with E-state index in [0.717, 1.165) is 5.56 Å². The van der Waals surface area contributed by atoms with Crippen LogP contribution in [0.25, 0.3) is 11.4 Å². The molecule has 33 heavy (non-hydrogen) atoms. The fourth-order valence-electron chi connectivity index (χ4n) is 4.50. The first-order chi connectivity index (χ1) is 16.1. The van der Waals surface area contributed by atoms with Gasteiger partial charge in [0, 0.05) is 5.56 Å². The van der Waals surface area contributed by atoms with Crippen LogP contribution in [0.5, 0.6) is 11.5 Å². The minimum atomic E-state index is -3.57. The molecule has 0 radical (unpaired) electrons. The van der Waals surface area contributed by atoms with E-state index in [9.17, 15) is 8.42 Å². The molecule has 2 fully saturated rings. The standard InChI is InChI=1S/C21H21N5O6S/c27-33(28,11-13-4-2-1-3-5-13)23-15-9-29-20-16(10-30-19(15)20)26-21(22-24-25-26)14-6-7-17-18(8-14)32-12-31-17/h1-8,15-16,19-20,23H,9-12H2/t15-,16-,19+,20+/m0/s1. The topological polar surface area (TPSA) is 127 Å². The molecule has 12 heteroatoms. The molecular weight excluding hydrogens is 450 g/mol. The SMILES string of the molecule is O=S(=O)(Cc1ccccc1)N[C@H]1CO[C@H]2[C@@H]1OC[C@@H]2n1nnnc1-c1ccc2c(c1)OCO2. The Hall–Kier alpha value is -3.06. The maximum absolute atomic E-state index is 12.7. The molecule has 0 bridgehead atoms. The van der Waals surface area contributed by atoms with Crippen molar-refractivity contribution in [1.82, 2.24) is 24.9 Å². The van der Waals surface area contributed by atoms with Crippen molar-refractivity contribution in [2.45, 2.75) is 30.0 Å². The largest absolute Gasteiger partial charge is 0.454 e. The predicted molar refractivity (Wildman–Crippen MR) is 114 cm³/mol. The van der Waals surface area contributed by atoms with Crippen molar-refractivity contribution >= 4 is 10.0 Å². The lowest BCUT2D eigenvalue weighted by Gasteiger charge is -2.18. The average molecular weight is 471 g/mol. The molecule has 0 spiro atoms. The van der Waals surface area contributed by atoms with Crippen LogP contribution in [0.3, 0.4) is 0 Å². The summed E-state index contributed by atoms with van der Waals surface area (Å²) in [6, 6.07) is 13.8. The Morgan fingerprint density at radius 3 is 2.70 bits per heavy atom. The molecule has 3 aromatic rings. The van der Waals surface area contributed by atoms with Gasteiger partial charge in [-0.05, 0) is 34.2 Å². The Bertz CT molecular complexity index is 1270. The molecule has 0 aliphatic carbocycles. The van der Waals surface area contributed by atoms with Crippen molar-refractivity contribution in [3.05, 3.63) is 54.1 Å². The number of benzene rings is 2. The minimum Gasteiger partial charge on any atom is -0.454 e. The van der Waals surface area contributed by atoms with E-state index in [1.807, 2.05) is 36.4 Å². The number of nitrogens with zero attached hydrogens (tertiary/aromatic N) is 4. The van der Waals surface area contributed by atoms with Gasteiger partial charge in [-0.15, -0.1) is 5.10 Å². The molecule has 2 aromatic carbocycles. The van der Waals surface area contributed by atoms with Gasteiger partial charge in [0.25, 0.3) is 0 Å². The van der Waals surface area contributed by atoms with E-state index >= 15 is 0 Å². The van der Waals surface area contributed by atoms with Crippen molar-refractivity contribution in [3.63, 3.8) is 0 Å². The molecule has 3 aliphatic heterocycles. The van der Waals surface area contributed by atoms with Crippen molar-refractivity contribution < 1.29 is 27.4 Å².